The summed E-state index contributed by atoms with van der Waals surface area (Å²) in [5, 5.41) is 0. The molecule has 0 spiro atoms. The third kappa shape index (κ3) is 9.43. The van der Waals surface area contributed by atoms with Gasteiger partial charge in [0.2, 0.25) is 0 Å². The van der Waals surface area contributed by atoms with Gasteiger partial charge in [-0.15, -0.1) is 0 Å². The highest BCUT2D eigenvalue weighted by Gasteiger charge is 1.89. The van der Waals surface area contributed by atoms with Crippen LogP contribution in [0.2, 0.25) is 0 Å². The summed E-state index contributed by atoms with van der Waals surface area (Å²) in [5.74, 6) is 0. The van der Waals surface area contributed by atoms with E-state index in [0.717, 1.165) is 13.0 Å². The molecule has 0 heterocycles. The molecule has 0 aliphatic rings. The van der Waals surface area contributed by atoms with E-state index < -0.39 is 0 Å². The fraction of sp³-hybridized carbons (Fsp3) is 0.889. The van der Waals surface area contributed by atoms with Gasteiger partial charge in [0.25, 0.3) is 0 Å². The molecular formula is C9H19NO2. The van der Waals surface area contributed by atoms with Crippen LogP contribution < -0.4 is 5.48 Å². The zero-order valence-corrected chi connectivity index (χ0v) is 7.84. The summed E-state index contributed by atoms with van der Waals surface area (Å²) in [6.07, 6.45) is 7.53. The Morgan fingerprint density at radius 2 is 1.83 bits per heavy atom. The normalized spacial score (nSPS) is 9.75. The van der Waals surface area contributed by atoms with Crippen molar-refractivity contribution in [3.05, 3.63) is 0 Å². The molecule has 72 valence electrons. The average molecular weight is 173 g/mol. The van der Waals surface area contributed by atoms with Crippen LogP contribution in [0.15, 0.2) is 0 Å². The Balaban J connectivity index is 2.77. The molecule has 1 N–H and O–H groups in total. The molecule has 0 fully saturated rings. The number of unbranched alkanes of at least 4 members (excludes halogenated alkanes) is 5. The van der Waals surface area contributed by atoms with Crippen LogP contribution in [0.5, 0.6) is 0 Å². The first kappa shape index (κ1) is 11.4. The minimum atomic E-state index is 0.414. The molecule has 0 radical (unpaired) electrons. The van der Waals surface area contributed by atoms with Crippen LogP contribution >= 0.6 is 0 Å². The van der Waals surface area contributed by atoms with Crippen molar-refractivity contribution >= 4 is 6.47 Å². The quantitative estimate of drug-likeness (QED) is 0.329. The maximum atomic E-state index is 9.69. The highest BCUT2D eigenvalue weighted by molar-refractivity contribution is 5.36. The van der Waals surface area contributed by atoms with Crippen LogP contribution in [0.25, 0.3) is 0 Å². The monoisotopic (exact) mass is 173 g/mol. The van der Waals surface area contributed by atoms with Gasteiger partial charge in [0, 0.05) is 6.54 Å². The first-order valence-electron chi connectivity index (χ1n) is 4.74. The van der Waals surface area contributed by atoms with Crippen molar-refractivity contribution in [2.45, 2.75) is 45.4 Å². The highest BCUT2D eigenvalue weighted by Crippen LogP contribution is 2.03. The van der Waals surface area contributed by atoms with E-state index in [4.69, 9.17) is 0 Å². The maximum absolute atomic E-state index is 9.69. The minimum Gasteiger partial charge on any atom is -0.374 e. The van der Waals surface area contributed by atoms with Crippen molar-refractivity contribution in [1.82, 2.24) is 5.48 Å². The molecule has 0 saturated heterocycles. The van der Waals surface area contributed by atoms with Gasteiger partial charge in [0.1, 0.15) is 0 Å². The largest absolute Gasteiger partial charge is 0.374 e. The van der Waals surface area contributed by atoms with Crippen LogP contribution in [0.3, 0.4) is 0 Å². The van der Waals surface area contributed by atoms with Crippen molar-refractivity contribution in [3.63, 3.8) is 0 Å². The third-order valence-electron chi connectivity index (χ3n) is 1.76. The van der Waals surface area contributed by atoms with Crippen LogP contribution in [0.1, 0.15) is 45.4 Å². The van der Waals surface area contributed by atoms with Gasteiger partial charge in [-0.05, 0) is 6.42 Å². The predicted molar refractivity (Wildman–Crippen MR) is 48.5 cm³/mol. The smallest absolute Gasteiger partial charge is 0.312 e. The van der Waals surface area contributed by atoms with Gasteiger partial charge in [-0.25, -0.2) is 0 Å². The second-order valence-corrected chi connectivity index (χ2v) is 2.88. The summed E-state index contributed by atoms with van der Waals surface area (Å²) < 4.78 is 0. The lowest BCUT2D eigenvalue weighted by Gasteiger charge is -2.00. The Hall–Kier alpha value is -0.570. The SMILES string of the molecule is CCCCCCCCNOC=O. The van der Waals surface area contributed by atoms with Crippen LogP contribution in [0.4, 0.5) is 0 Å². The minimum absolute atomic E-state index is 0.414. The van der Waals surface area contributed by atoms with Crippen molar-refractivity contribution in [1.29, 1.82) is 0 Å². The van der Waals surface area contributed by atoms with Gasteiger partial charge in [-0.3, -0.25) is 4.79 Å². The second kappa shape index (κ2) is 10.4. The van der Waals surface area contributed by atoms with Crippen molar-refractivity contribution in [2.24, 2.45) is 0 Å². The maximum Gasteiger partial charge on any atom is 0.312 e. The van der Waals surface area contributed by atoms with E-state index in [1.165, 1.54) is 32.1 Å². The lowest BCUT2D eigenvalue weighted by Crippen LogP contribution is -2.14. The van der Waals surface area contributed by atoms with Gasteiger partial charge in [-0.1, -0.05) is 39.0 Å². The van der Waals surface area contributed by atoms with E-state index >= 15 is 0 Å². The van der Waals surface area contributed by atoms with Gasteiger partial charge in [-0.2, -0.15) is 5.48 Å². The van der Waals surface area contributed by atoms with Crippen LogP contribution in [-0.2, 0) is 9.63 Å². The average Bonchev–Trinajstić information content (AvgIpc) is 2.10. The number of hydrogen-bond acceptors (Lipinski definition) is 3. The van der Waals surface area contributed by atoms with E-state index in [0.29, 0.717) is 6.47 Å². The number of carbonyl (C=O) groups excluding carboxylic acids is 1. The van der Waals surface area contributed by atoms with E-state index in [9.17, 15) is 4.79 Å². The summed E-state index contributed by atoms with van der Waals surface area (Å²) in [4.78, 5) is 14.0. The molecule has 0 unspecified atom stereocenters. The molecule has 0 bridgehead atoms. The summed E-state index contributed by atoms with van der Waals surface area (Å²) >= 11 is 0. The highest BCUT2D eigenvalue weighted by atomic mass is 16.7. The zero-order valence-electron chi connectivity index (χ0n) is 7.84. The van der Waals surface area contributed by atoms with Crippen LogP contribution in [-0.4, -0.2) is 13.0 Å². The molecule has 12 heavy (non-hydrogen) atoms. The molecule has 0 atom stereocenters. The molecule has 0 aromatic heterocycles. The molecule has 0 aromatic rings. The zero-order chi connectivity index (χ0) is 9.07. The van der Waals surface area contributed by atoms with Crippen molar-refractivity contribution < 1.29 is 9.63 Å². The lowest BCUT2D eigenvalue weighted by atomic mass is 10.1. The third-order valence-corrected chi connectivity index (χ3v) is 1.76. The number of carbonyl (C=O) groups is 1. The molecule has 0 aliphatic heterocycles. The number of hydroxylamine groups is 1. The van der Waals surface area contributed by atoms with Gasteiger partial charge in [0.05, 0.1) is 0 Å². The summed E-state index contributed by atoms with van der Waals surface area (Å²) in [6, 6.07) is 0. The Bertz CT molecular complexity index is 96.5. The fourth-order valence-corrected chi connectivity index (χ4v) is 1.07. The molecule has 0 saturated carbocycles. The Kier molecular flexibility index (Phi) is 9.93. The molecule has 0 aromatic carbocycles. The molecule has 3 nitrogen and oxygen atoms in total. The Morgan fingerprint density at radius 1 is 1.17 bits per heavy atom. The van der Waals surface area contributed by atoms with Gasteiger partial charge in [0.15, 0.2) is 0 Å². The first-order valence-corrected chi connectivity index (χ1v) is 4.74. The van der Waals surface area contributed by atoms with Crippen LogP contribution in [0, 0.1) is 0 Å². The van der Waals surface area contributed by atoms with Gasteiger partial charge >= 0.3 is 6.47 Å². The number of nitrogens with one attached hydrogen (secondary N) is 1. The lowest BCUT2D eigenvalue weighted by molar-refractivity contribution is -0.135. The van der Waals surface area contributed by atoms with Gasteiger partial charge < -0.3 is 4.84 Å². The predicted octanol–water partition coefficient (Wildman–Crippen LogP) is 2.02. The van der Waals surface area contributed by atoms with E-state index in [2.05, 4.69) is 17.2 Å². The molecule has 0 aliphatic carbocycles. The molecule has 0 rings (SSSR count). The molecular weight excluding hydrogens is 154 g/mol. The number of rotatable bonds is 9. The van der Waals surface area contributed by atoms with Crippen molar-refractivity contribution in [3.8, 4) is 0 Å². The fourth-order valence-electron chi connectivity index (χ4n) is 1.07. The summed E-state index contributed by atoms with van der Waals surface area (Å²) in [7, 11) is 0. The van der Waals surface area contributed by atoms with E-state index in [-0.39, 0.29) is 0 Å². The van der Waals surface area contributed by atoms with E-state index in [1.54, 1.807) is 0 Å². The molecule has 3 heteroatoms. The molecule has 0 amide bonds. The summed E-state index contributed by atoms with van der Waals surface area (Å²) in [6.45, 7) is 3.39. The first-order chi connectivity index (χ1) is 5.91. The standard InChI is InChI=1S/C9H19NO2/c1-2-3-4-5-6-7-8-10-12-9-11/h9-10H,2-8H2,1H3. The summed E-state index contributed by atoms with van der Waals surface area (Å²) in [5.41, 5.74) is 2.56. The van der Waals surface area contributed by atoms with Crippen molar-refractivity contribution in [2.75, 3.05) is 6.54 Å². The Labute approximate surface area is 74.4 Å². The topological polar surface area (TPSA) is 38.3 Å². The van der Waals surface area contributed by atoms with E-state index in [1.807, 2.05) is 0 Å². The number of hydrogen-bond donors (Lipinski definition) is 1. The Morgan fingerprint density at radius 3 is 2.50 bits per heavy atom. The second-order valence-electron chi connectivity index (χ2n) is 2.88.